The number of rotatable bonds is 13. The molecule has 0 saturated carbocycles. The molecule has 3 aromatic carbocycles. The molecule has 2 aromatic heterocycles. The molecule has 2 heterocycles. The van der Waals surface area contributed by atoms with Crippen molar-refractivity contribution in [1.29, 1.82) is 0 Å². The largest absolute Gasteiger partial charge is 0.328 e. The minimum Gasteiger partial charge on any atom is -0.328 e. The fraction of sp³-hybridized carbons (Fsp3) is 0.222. The van der Waals surface area contributed by atoms with Crippen molar-refractivity contribution in [2.24, 2.45) is 0 Å². The SMILES string of the molecule is Cc1cnc(CN(Cc2ccc(-c3ccc(CNCCc4ccc(S(C)(=O)=O)cc4)cn3)cc2)C(=O)c2ccc([N+](=O)[O-])c(C)c2)cn1. The number of benzene rings is 3. The van der Waals surface area contributed by atoms with Gasteiger partial charge >= 0.3 is 0 Å². The minimum atomic E-state index is -3.20. The molecule has 1 N–H and O–H groups in total. The molecule has 0 radical (unpaired) electrons. The van der Waals surface area contributed by atoms with E-state index in [1.165, 1.54) is 18.4 Å². The maximum absolute atomic E-state index is 13.7. The molecule has 0 saturated heterocycles. The average molecular weight is 665 g/mol. The van der Waals surface area contributed by atoms with Crippen LogP contribution in [0.15, 0.2) is 102 Å². The second-order valence-corrected chi connectivity index (χ2v) is 13.7. The van der Waals surface area contributed by atoms with Crippen LogP contribution in [0.3, 0.4) is 0 Å². The molecule has 11 nitrogen and oxygen atoms in total. The van der Waals surface area contributed by atoms with Gasteiger partial charge in [-0.1, -0.05) is 42.5 Å². The summed E-state index contributed by atoms with van der Waals surface area (Å²) in [6.07, 6.45) is 7.12. The van der Waals surface area contributed by atoms with Crippen LogP contribution in [0.25, 0.3) is 11.3 Å². The molecule has 5 rings (SSSR count). The van der Waals surface area contributed by atoms with E-state index in [1.54, 1.807) is 42.4 Å². The van der Waals surface area contributed by atoms with Gasteiger partial charge in [-0.3, -0.25) is 29.9 Å². The zero-order valence-corrected chi connectivity index (χ0v) is 27.8. The van der Waals surface area contributed by atoms with Crippen molar-refractivity contribution in [3.63, 3.8) is 0 Å². The molecule has 5 aromatic rings. The van der Waals surface area contributed by atoms with Gasteiger partial charge in [0.15, 0.2) is 9.84 Å². The van der Waals surface area contributed by atoms with Gasteiger partial charge in [-0.15, -0.1) is 0 Å². The predicted octanol–water partition coefficient (Wildman–Crippen LogP) is 5.64. The first kappa shape index (κ1) is 34.0. The Hall–Kier alpha value is -5.33. The lowest BCUT2D eigenvalue weighted by Crippen LogP contribution is -2.30. The number of carbonyl (C=O) groups is 1. The molecule has 0 fully saturated rings. The van der Waals surface area contributed by atoms with Crippen LogP contribution in [0, 0.1) is 24.0 Å². The smallest absolute Gasteiger partial charge is 0.272 e. The Morgan fingerprint density at radius 3 is 2.15 bits per heavy atom. The van der Waals surface area contributed by atoms with Gasteiger partial charge in [0, 0.05) is 54.5 Å². The lowest BCUT2D eigenvalue weighted by molar-refractivity contribution is -0.385. The van der Waals surface area contributed by atoms with Crippen LogP contribution in [-0.4, -0.2) is 51.9 Å². The topological polar surface area (TPSA) is 148 Å². The van der Waals surface area contributed by atoms with Crippen molar-refractivity contribution < 1.29 is 18.1 Å². The summed E-state index contributed by atoms with van der Waals surface area (Å²) < 4.78 is 23.3. The summed E-state index contributed by atoms with van der Waals surface area (Å²) in [6, 6.07) is 23.2. The van der Waals surface area contributed by atoms with Crippen molar-refractivity contribution in [2.75, 3.05) is 12.8 Å². The summed E-state index contributed by atoms with van der Waals surface area (Å²) in [6.45, 7) is 5.36. The van der Waals surface area contributed by atoms with E-state index < -0.39 is 14.8 Å². The quantitative estimate of drug-likeness (QED) is 0.0959. The van der Waals surface area contributed by atoms with Gasteiger partial charge in [-0.25, -0.2) is 8.42 Å². The summed E-state index contributed by atoms with van der Waals surface area (Å²) in [5, 5.41) is 14.7. The maximum atomic E-state index is 13.7. The number of carbonyl (C=O) groups excluding carboxylic acids is 1. The summed E-state index contributed by atoms with van der Waals surface area (Å²) in [5.41, 5.74) is 6.89. The number of aryl methyl sites for hydroxylation is 2. The third kappa shape index (κ3) is 8.93. The number of nitro benzene ring substituents is 1. The lowest BCUT2D eigenvalue weighted by Gasteiger charge is -2.23. The normalized spacial score (nSPS) is 11.3. The number of aromatic nitrogens is 3. The molecule has 0 spiro atoms. The Balaban J connectivity index is 1.21. The molecule has 0 bridgehead atoms. The number of sulfone groups is 1. The van der Waals surface area contributed by atoms with Gasteiger partial charge in [-0.05, 0) is 73.8 Å². The van der Waals surface area contributed by atoms with Gasteiger partial charge < -0.3 is 10.2 Å². The fourth-order valence-corrected chi connectivity index (χ4v) is 5.77. The molecular formula is C36H36N6O5S. The second kappa shape index (κ2) is 15.1. The standard InChI is InChI=1S/C36H36N6O5S/c1-25-18-31(11-15-35(25)42(44)45)36(43)41(24-32-22-38-26(2)19-39-32)23-28-4-9-30(10-5-28)34-14-8-29(21-40-34)20-37-17-16-27-6-12-33(13-7-27)48(3,46)47/h4-15,18-19,21-22,37H,16-17,20,23-24H2,1-3H3. The molecule has 48 heavy (non-hydrogen) atoms. The van der Waals surface area contributed by atoms with Crippen LogP contribution in [0.2, 0.25) is 0 Å². The van der Waals surface area contributed by atoms with Crippen LogP contribution >= 0.6 is 0 Å². The molecule has 1 amide bonds. The molecule has 246 valence electrons. The van der Waals surface area contributed by atoms with E-state index in [9.17, 15) is 23.3 Å². The third-order valence-corrected chi connectivity index (χ3v) is 8.96. The predicted molar refractivity (Wildman–Crippen MR) is 183 cm³/mol. The first-order chi connectivity index (χ1) is 23.0. The van der Waals surface area contributed by atoms with Crippen molar-refractivity contribution >= 4 is 21.4 Å². The number of nitro groups is 1. The Labute approximate surface area is 279 Å². The van der Waals surface area contributed by atoms with Crippen LogP contribution in [0.4, 0.5) is 5.69 Å². The highest BCUT2D eigenvalue weighted by Crippen LogP contribution is 2.23. The summed E-state index contributed by atoms with van der Waals surface area (Å²) in [5.74, 6) is -0.268. The van der Waals surface area contributed by atoms with Crippen molar-refractivity contribution in [3.8, 4) is 11.3 Å². The van der Waals surface area contributed by atoms with Crippen molar-refractivity contribution in [2.45, 2.75) is 44.8 Å². The van der Waals surface area contributed by atoms with E-state index in [2.05, 4.69) is 20.3 Å². The van der Waals surface area contributed by atoms with Crippen LogP contribution in [0.5, 0.6) is 0 Å². The number of hydrogen-bond acceptors (Lipinski definition) is 9. The van der Waals surface area contributed by atoms with Gasteiger partial charge in [-0.2, -0.15) is 0 Å². The lowest BCUT2D eigenvalue weighted by atomic mass is 10.1. The molecule has 0 aliphatic rings. The number of amides is 1. The highest BCUT2D eigenvalue weighted by molar-refractivity contribution is 7.90. The van der Waals surface area contributed by atoms with Gasteiger partial charge in [0.1, 0.15) is 0 Å². The molecule has 0 aliphatic heterocycles. The Morgan fingerprint density at radius 1 is 0.833 bits per heavy atom. The number of pyridine rings is 1. The first-order valence-corrected chi connectivity index (χ1v) is 17.2. The highest BCUT2D eigenvalue weighted by atomic mass is 32.2. The van der Waals surface area contributed by atoms with Crippen LogP contribution in [0.1, 0.15) is 44.0 Å². The third-order valence-electron chi connectivity index (χ3n) is 7.83. The zero-order chi connectivity index (χ0) is 34.3. The molecular weight excluding hydrogens is 629 g/mol. The van der Waals surface area contributed by atoms with E-state index in [0.29, 0.717) is 34.8 Å². The van der Waals surface area contributed by atoms with Crippen molar-refractivity contribution in [1.82, 2.24) is 25.2 Å². The van der Waals surface area contributed by atoms with E-state index in [0.717, 1.165) is 46.6 Å². The fourth-order valence-electron chi connectivity index (χ4n) is 5.14. The summed E-state index contributed by atoms with van der Waals surface area (Å²) in [4.78, 5) is 39.8. The Morgan fingerprint density at radius 2 is 1.54 bits per heavy atom. The van der Waals surface area contributed by atoms with E-state index in [1.807, 2.05) is 61.7 Å². The van der Waals surface area contributed by atoms with Gasteiger partial charge in [0.25, 0.3) is 11.6 Å². The van der Waals surface area contributed by atoms with Crippen LogP contribution in [-0.2, 0) is 35.9 Å². The molecule has 0 aliphatic carbocycles. The Kier molecular flexibility index (Phi) is 10.7. The van der Waals surface area contributed by atoms with Crippen molar-refractivity contribution in [3.05, 3.63) is 147 Å². The molecule has 0 atom stereocenters. The van der Waals surface area contributed by atoms with Gasteiger partial charge in [0.2, 0.25) is 0 Å². The van der Waals surface area contributed by atoms with Crippen LogP contribution < -0.4 is 5.32 Å². The van der Waals surface area contributed by atoms with Gasteiger partial charge in [0.05, 0.1) is 39.6 Å². The summed E-state index contributed by atoms with van der Waals surface area (Å²) >= 11 is 0. The highest BCUT2D eigenvalue weighted by Gasteiger charge is 2.20. The molecule has 0 unspecified atom stereocenters. The summed E-state index contributed by atoms with van der Waals surface area (Å²) in [7, 11) is -3.20. The number of hydrogen-bond donors (Lipinski definition) is 1. The maximum Gasteiger partial charge on any atom is 0.272 e. The Bertz CT molecular complexity index is 2000. The average Bonchev–Trinajstić information content (AvgIpc) is 3.07. The minimum absolute atomic E-state index is 0.0351. The zero-order valence-electron chi connectivity index (χ0n) is 27.0. The van der Waals surface area contributed by atoms with E-state index in [4.69, 9.17) is 0 Å². The number of nitrogens with one attached hydrogen (secondary N) is 1. The monoisotopic (exact) mass is 664 g/mol. The number of nitrogens with zero attached hydrogens (tertiary/aromatic N) is 5. The first-order valence-electron chi connectivity index (χ1n) is 15.3. The van der Waals surface area contributed by atoms with E-state index >= 15 is 0 Å². The van der Waals surface area contributed by atoms with E-state index in [-0.39, 0.29) is 18.1 Å². The second-order valence-electron chi connectivity index (χ2n) is 11.7. The molecule has 12 heteroatoms.